The van der Waals surface area contributed by atoms with Gasteiger partial charge >= 0.3 is 0 Å². The molecule has 0 aliphatic heterocycles. The van der Waals surface area contributed by atoms with Crippen LogP contribution in [0.3, 0.4) is 0 Å². The molecule has 0 saturated carbocycles. The molecule has 0 aliphatic carbocycles. The van der Waals surface area contributed by atoms with Crippen LogP contribution < -0.4 is 5.32 Å². The van der Waals surface area contributed by atoms with Gasteiger partial charge in [0.15, 0.2) is 11.5 Å². The van der Waals surface area contributed by atoms with Gasteiger partial charge in [0.2, 0.25) is 0 Å². The molecule has 0 spiro atoms. The highest BCUT2D eigenvalue weighted by Crippen LogP contribution is 2.33. The predicted molar refractivity (Wildman–Crippen MR) is 58.3 cm³/mol. The molecule has 0 bridgehead atoms. The zero-order chi connectivity index (χ0) is 9.84. The molecular formula is C8H11NO2S2. The first-order valence-corrected chi connectivity index (χ1v) is 5.34. The van der Waals surface area contributed by atoms with Crippen molar-refractivity contribution in [3.8, 4) is 5.75 Å². The molecule has 0 amide bonds. The van der Waals surface area contributed by atoms with Crippen molar-refractivity contribution in [3.05, 3.63) is 10.3 Å². The first kappa shape index (κ1) is 10.4. The van der Waals surface area contributed by atoms with Crippen molar-refractivity contribution in [2.24, 2.45) is 0 Å². The summed E-state index contributed by atoms with van der Waals surface area (Å²) in [5.41, 5.74) is 0.615. The lowest BCUT2D eigenvalue weighted by Gasteiger charge is -2.01. The maximum absolute atomic E-state index is 11.0. The monoisotopic (exact) mass is 217 g/mol. The van der Waals surface area contributed by atoms with Crippen LogP contribution in [0.5, 0.6) is 5.75 Å². The van der Waals surface area contributed by atoms with Gasteiger partial charge in [0.05, 0.1) is 5.69 Å². The van der Waals surface area contributed by atoms with E-state index in [9.17, 15) is 9.90 Å². The Morgan fingerprint density at radius 1 is 1.77 bits per heavy atom. The molecule has 1 rings (SSSR count). The molecule has 0 fully saturated rings. The van der Waals surface area contributed by atoms with E-state index in [2.05, 4.69) is 17.9 Å². The number of Topliss-reactive ketones (excluding diaryl/α,β-unsaturated/α-hetero) is 1. The first-order chi connectivity index (χ1) is 6.16. The van der Waals surface area contributed by atoms with Gasteiger partial charge in [-0.05, 0) is 0 Å². The number of hydrogen-bond acceptors (Lipinski definition) is 5. The molecule has 2 N–H and O–H groups in total. The summed E-state index contributed by atoms with van der Waals surface area (Å²) in [4.78, 5) is 11.4. The molecule has 0 unspecified atom stereocenters. The van der Waals surface area contributed by atoms with Crippen LogP contribution in [-0.4, -0.2) is 23.2 Å². The predicted octanol–water partition coefficient (Wildman–Crippen LogP) is 2.00. The van der Waals surface area contributed by atoms with E-state index in [0.717, 1.165) is 0 Å². The van der Waals surface area contributed by atoms with Crippen LogP contribution in [0.4, 0.5) is 5.69 Å². The SMILES string of the molecule is CC(=O)c1scc(NCCS)c1O. The number of thiol groups is 1. The molecular weight excluding hydrogens is 206 g/mol. The largest absolute Gasteiger partial charge is 0.504 e. The molecule has 1 heterocycles. The van der Waals surface area contributed by atoms with Gasteiger partial charge in [0.1, 0.15) is 4.88 Å². The second kappa shape index (κ2) is 4.53. The summed E-state index contributed by atoms with van der Waals surface area (Å²) in [5, 5.41) is 14.2. The maximum Gasteiger partial charge on any atom is 0.173 e. The number of nitrogens with one attached hydrogen (secondary N) is 1. The van der Waals surface area contributed by atoms with Gasteiger partial charge in [-0.25, -0.2) is 0 Å². The number of rotatable bonds is 4. The highest BCUT2D eigenvalue weighted by molar-refractivity contribution is 7.80. The minimum atomic E-state index is -0.110. The molecule has 72 valence electrons. The summed E-state index contributed by atoms with van der Waals surface area (Å²) >= 11 is 5.27. The van der Waals surface area contributed by atoms with Crippen molar-refractivity contribution in [2.45, 2.75) is 6.92 Å². The molecule has 0 radical (unpaired) electrons. The van der Waals surface area contributed by atoms with E-state index < -0.39 is 0 Å². The van der Waals surface area contributed by atoms with E-state index in [4.69, 9.17) is 0 Å². The topological polar surface area (TPSA) is 49.3 Å². The van der Waals surface area contributed by atoms with Crippen molar-refractivity contribution in [2.75, 3.05) is 17.6 Å². The molecule has 0 atom stereocenters. The Morgan fingerprint density at radius 2 is 2.46 bits per heavy atom. The summed E-state index contributed by atoms with van der Waals surface area (Å²) in [6.07, 6.45) is 0. The fraction of sp³-hybridized carbons (Fsp3) is 0.375. The number of ketones is 1. The summed E-state index contributed by atoms with van der Waals surface area (Å²) in [6.45, 7) is 2.11. The van der Waals surface area contributed by atoms with Gasteiger partial charge in [0.25, 0.3) is 0 Å². The van der Waals surface area contributed by atoms with Crippen LogP contribution in [0.1, 0.15) is 16.6 Å². The van der Waals surface area contributed by atoms with Crippen molar-refractivity contribution in [1.29, 1.82) is 0 Å². The van der Waals surface area contributed by atoms with Crippen LogP contribution >= 0.6 is 24.0 Å². The lowest BCUT2D eigenvalue weighted by Crippen LogP contribution is -2.01. The van der Waals surface area contributed by atoms with Crippen LogP contribution in [0, 0.1) is 0 Å². The zero-order valence-corrected chi connectivity index (χ0v) is 8.91. The minimum absolute atomic E-state index is 0.0549. The highest BCUT2D eigenvalue weighted by Gasteiger charge is 2.13. The van der Waals surface area contributed by atoms with Crippen LogP contribution in [0.25, 0.3) is 0 Å². The second-order valence-corrected chi connectivity index (χ2v) is 3.86. The van der Waals surface area contributed by atoms with Crippen LogP contribution in [0.2, 0.25) is 0 Å². The summed E-state index contributed by atoms with van der Waals surface area (Å²) in [5.74, 6) is 0.630. The lowest BCUT2D eigenvalue weighted by molar-refractivity contribution is 0.101. The quantitative estimate of drug-likeness (QED) is 0.534. The molecule has 5 heteroatoms. The van der Waals surface area contributed by atoms with E-state index in [-0.39, 0.29) is 11.5 Å². The first-order valence-electron chi connectivity index (χ1n) is 3.83. The summed E-state index contributed by atoms with van der Waals surface area (Å²) in [7, 11) is 0. The molecule has 0 saturated heterocycles. The smallest absolute Gasteiger partial charge is 0.173 e. The normalized spacial score (nSPS) is 10.0. The maximum atomic E-state index is 11.0. The number of carbonyl (C=O) groups is 1. The zero-order valence-electron chi connectivity index (χ0n) is 7.20. The molecule has 1 aromatic heterocycles. The van der Waals surface area contributed by atoms with E-state index >= 15 is 0 Å². The Labute approximate surface area is 86.2 Å². The average molecular weight is 217 g/mol. The number of anilines is 1. The van der Waals surface area contributed by atoms with E-state index in [1.165, 1.54) is 18.3 Å². The van der Waals surface area contributed by atoms with Crippen LogP contribution in [-0.2, 0) is 0 Å². The van der Waals surface area contributed by atoms with E-state index in [1.54, 1.807) is 5.38 Å². The highest BCUT2D eigenvalue weighted by atomic mass is 32.1. The van der Waals surface area contributed by atoms with Crippen molar-refractivity contribution < 1.29 is 9.90 Å². The van der Waals surface area contributed by atoms with Gasteiger partial charge < -0.3 is 10.4 Å². The Hall–Kier alpha value is -0.680. The fourth-order valence-corrected chi connectivity index (χ4v) is 1.85. The summed E-state index contributed by atoms with van der Waals surface area (Å²) in [6, 6.07) is 0. The average Bonchev–Trinajstić information content (AvgIpc) is 2.43. The van der Waals surface area contributed by atoms with E-state index in [1.807, 2.05) is 0 Å². The van der Waals surface area contributed by atoms with Gasteiger partial charge in [-0.3, -0.25) is 4.79 Å². The Kier molecular flexibility index (Phi) is 3.62. The van der Waals surface area contributed by atoms with Gasteiger partial charge in [0, 0.05) is 24.6 Å². The molecule has 0 aliphatic rings. The third kappa shape index (κ3) is 2.38. The van der Waals surface area contributed by atoms with Gasteiger partial charge in [-0.15, -0.1) is 11.3 Å². The molecule has 3 nitrogen and oxygen atoms in total. The lowest BCUT2D eigenvalue weighted by atomic mass is 10.3. The van der Waals surface area contributed by atoms with Crippen molar-refractivity contribution >= 4 is 35.4 Å². The fourth-order valence-electron chi connectivity index (χ4n) is 0.917. The number of aromatic hydroxyl groups is 1. The Morgan fingerprint density at radius 3 is 2.92 bits per heavy atom. The molecule has 13 heavy (non-hydrogen) atoms. The van der Waals surface area contributed by atoms with E-state index in [0.29, 0.717) is 22.9 Å². The standard InChI is InChI=1S/C8H11NO2S2/c1-5(10)8-7(11)6(4-13-8)9-2-3-12/h4,9,11-12H,2-3H2,1H3. The second-order valence-electron chi connectivity index (χ2n) is 2.53. The van der Waals surface area contributed by atoms with Gasteiger partial charge in [-0.2, -0.15) is 12.6 Å². The third-order valence-electron chi connectivity index (χ3n) is 1.51. The minimum Gasteiger partial charge on any atom is -0.504 e. The Balaban J connectivity index is 2.80. The van der Waals surface area contributed by atoms with Crippen molar-refractivity contribution in [3.63, 3.8) is 0 Å². The third-order valence-corrected chi connectivity index (χ3v) is 2.81. The number of hydrogen-bond donors (Lipinski definition) is 3. The van der Waals surface area contributed by atoms with Gasteiger partial charge in [-0.1, -0.05) is 0 Å². The number of thiophene rings is 1. The van der Waals surface area contributed by atoms with Crippen LogP contribution in [0.15, 0.2) is 5.38 Å². The van der Waals surface area contributed by atoms with Crippen molar-refractivity contribution in [1.82, 2.24) is 0 Å². The molecule has 1 aromatic rings. The Bertz CT molecular complexity index is 309. The summed E-state index contributed by atoms with van der Waals surface area (Å²) < 4.78 is 0. The molecule has 0 aromatic carbocycles. The number of carbonyl (C=O) groups excluding carboxylic acids is 1.